The zero-order valence-corrected chi connectivity index (χ0v) is 9.44. The topological polar surface area (TPSA) is 60.9 Å². The van der Waals surface area contributed by atoms with E-state index < -0.39 is 0 Å². The average molecular weight is 209 g/mol. The number of aromatic nitrogens is 2. The smallest absolute Gasteiger partial charge is 0.141 e. The molecule has 0 aliphatic rings. The highest BCUT2D eigenvalue weighted by atomic mass is 16.1. The first-order chi connectivity index (χ1) is 7.17. The second kappa shape index (κ2) is 5.66. The summed E-state index contributed by atoms with van der Waals surface area (Å²) in [6.45, 7) is 2.52. The number of rotatable bonds is 6. The summed E-state index contributed by atoms with van der Waals surface area (Å²) < 4.78 is 1.71. The summed E-state index contributed by atoms with van der Waals surface area (Å²) in [5.41, 5.74) is 6.55. The lowest BCUT2D eigenvalue weighted by Gasteiger charge is -2.11. The molecule has 1 atom stereocenters. The molecule has 84 valence electrons. The Hall–Kier alpha value is -1.16. The molecule has 1 heterocycles. The van der Waals surface area contributed by atoms with E-state index in [2.05, 4.69) is 12.0 Å². The molecule has 4 nitrogen and oxygen atoms in total. The van der Waals surface area contributed by atoms with Crippen LogP contribution in [0.5, 0.6) is 0 Å². The summed E-state index contributed by atoms with van der Waals surface area (Å²) in [5, 5.41) is 4.03. The molecule has 0 fully saturated rings. The molecule has 1 rings (SSSR count). The monoisotopic (exact) mass is 209 g/mol. The second-order valence-electron chi connectivity index (χ2n) is 3.89. The van der Waals surface area contributed by atoms with Crippen LogP contribution in [0.25, 0.3) is 0 Å². The van der Waals surface area contributed by atoms with Crippen molar-refractivity contribution in [2.75, 3.05) is 6.54 Å². The largest absolute Gasteiger partial charge is 0.330 e. The predicted octanol–water partition coefficient (Wildman–Crippen LogP) is 0.907. The number of nitrogens with two attached hydrogens (primary N) is 1. The molecule has 0 aliphatic heterocycles. The van der Waals surface area contributed by atoms with Crippen LogP contribution in [0.3, 0.4) is 0 Å². The van der Waals surface area contributed by atoms with E-state index in [1.807, 2.05) is 13.2 Å². The Morgan fingerprint density at radius 2 is 2.40 bits per heavy atom. The molecule has 4 heteroatoms. The molecule has 0 bridgehead atoms. The fourth-order valence-corrected chi connectivity index (χ4v) is 1.67. The van der Waals surface area contributed by atoms with Crippen LogP contribution in [-0.2, 0) is 18.3 Å². The summed E-state index contributed by atoms with van der Waals surface area (Å²) >= 11 is 0. The number of ketones is 1. The highest BCUT2D eigenvalue weighted by molar-refractivity contribution is 5.83. The predicted molar refractivity (Wildman–Crippen MR) is 59.4 cm³/mol. The molecule has 1 aromatic rings. The van der Waals surface area contributed by atoms with Crippen molar-refractivity contribution in [3.63, 3.8) is 0 Å². The minimum atomic E-state index is 0.00945. The first kappa shape index (κ1) is 11.9. The van der Waals surface area contributed by atoms with E-state index >= 15 is 0 Å². The third kappa shape index (κ3) is 3.47. The summed E-state index contributed by atoms with van der Waals surface area (Å²) in [6, 6.07) is 0. The lowest BCUT2D eigenvalue weighted by molar-refractivity contribution is -0.122. The Labute approximate surface area is 90.5 Å². The van der Waals surface area contributed by atoms with Crippen molar-refractivity contribution in [1.29, 1.82) is 0 Å². The fraction of sp³-hybridized carbons (Fsp3) is 0.636. The van der Waals surface area contributed by atoms with E-state index in [-0.39, 0.29) is 11.7 Å². The number of carbonyl (C=O) groups is 1. The van der Waals surface area contributed by atoms with E-state index in [4.69, 9.17) is 5.73 Å². The zero-order valence-electron chi connectivity index (χ0n) is 9.44. The van der Waals surface area contributed by atoms with Crippen LogP contribution in [0.2, 0.25) is 0 Å². The number of Topliss-reactive ketones (excluding diaryl/α,β-unsaturated/α-hetero) is 1. The van der Waals surface area contributed by atoms with Crippen LogP contribution in [-0.4, -0.2) is 22.1 Å². The zero-order chi connectivity index (χ0) is 11.3. The van der Waals surface area contributed by atoms with E-state index in [0.717, 1.165) is 18.4 Å². The lowest BCUT2D eigenvalue weighted by atomic mass is 9.95. The Morgan fingerprint density at radius 1 is 1.67 bits per heavy atom. The number of hydrogen-bond acceptors (Lipinski definition) is 3. The van der Waals surface area contributed by atoms with Crippen molar-refractivity contribution in [1.82, 2.24) is 9.78 Å². The molecule has 0 amide bonds. The summed E-state index contributed by atoms with van der Waals surface area (Å²) in [7, 11) is 1.85. The quantitative estimate of drug-likeness (QED) is 0.757. The van der Waals surface area contributed by atoms with Gasteiger partial charge in [-0.15, -0.1) is 0 Å². The lowest BCUT2D eigenvalue weighted by Crippen LogP contribution is -2.24. The highest BCUT2D eigenvalue weighted by Gasteiger charge is 2.16. The van der Waals surface area contributed by atoms with Crippen molar-refractivity contribution >= 4 is 5.78 Å². The third-order valence-electron chi connectivity index (χ3n) is 2.51. The number of hydrogen-bond donors (Lipinski definition) is 1. The molecule has 1 unspecified atom stereocenters. The summed E-state index contributed by atoms with van der Waals surface area (Å²) in [5.74, 6) is 0.238. The van der Waals surface area contributed by atoms with E-state index in [0.29, 0.717) is 13.0 Å². The van der Waals surface area contributed by atoms with Crippen LogP contribution in [0.1, 0.15) is 25.3 Å². The van der Waals surface area contributed by atoms with Gasteiger partial charge in [0, 0.05) is 32.1 Å². The maximum Gasteiger partial charge on any atom is 0.141 e. The van der Waals surface area contributed by atoms with Crippen molar-refractivity contribution < 1.29 is 4.79 Å². The molecule has 2 N–H and O–H groups in total. The van der Waals surface area contributed by atoms with Crippen molar-refractivity contribution in [2.24, 2.45) is 18.7 Å². The Kier molecular flexibility index (Phi) is 4.49. The standard InChI is InChI=1S/C11H19N3O/c1-3-4-10(6-12)11(15)5-9-7-13-14(2)8-9/h7-8,10H,3-6,12H2,1-2H3. The number of carbonyl (C=O) groups excluding carboxylic acids is 1. The third-order valence-corrected chi connectivity index (χ3v) is 2.51. The molecule has 1 aromatic heterocycles. The van der Waals surface area contributed by atoms with Gasteiger partial charge in [-0.1, -0.05) is 13.3 Å². The molecule has 0 aromatic carbocycles. The molecule has 0 radical (unpaired) electrons. The van der Waals surface area contributed by atoms with Crippen LogP contribution >= 0.6 is 0 Å². The normalized spacial score (nSPS) is 12.7. The van der Waals surface area contributed by atoms with E-state index in [1.165, 1.54) is 0 Å². The Balaban J connectivity index is 2.53. The Bertz CT molecular complexity index is 319. The van der Waals surface area contributed by atoms with Gasteiger partial charge in [0.1, 0.15) is 5.78 Å². The second-order valence-corrected chi connectivity index (χ2v) is 3.89. The average Bonchev–Trinajstić information content (AvgIpc) is 2.60. The first-order valence-electron chi connectivity index (χ1n) is 5.37. The molecule has 0 saturated heterocycles. The van der Waals surface area contributed by atoms with Crippen molar-refractivity contribution in [2.45, 2.75) is 26.2 Å². The van der Waals surface area contributed by atoms with Crippen LogP contribution < -0.4 is 5.73 Å². The van der Waals surface area contributed by atoms with Crippen LogP contribution in [0.15, 0.2) is 12.4 Å². The van der Waals surface area contributed by atoms with E-state index in [1.54, 1.807) is 10.9 Å². The molecular formula is C11H19N3O. The highest BCUT2D eigenvalue weighted by Crippen LogP contribution is 2.10. The van der Waals surface area contributed by atoms with Crippen molar-refractivity contribution in [3.8, 4) is 0 Å². The van der Waals surface area contributed by atoms with Gasteiger partial charge in [0.05, 0.1) is 6.20 Å². The van der Waals surface area contributed by atoms with E-state index in [9.17, 15) is 4.79 Å². The molecule has 0 aliphatic carbocycles. The van der Waals surface area contributed by atoms with Gasteiger partial charge in [0.25, 0.3) is 0 Å². The van der Waals surface area contributed by atoms with Crippen LogP contribution in [0.4, 0.5) is 0 Å². The van der Waals surface area contributed by atoms with Crippen molar-refractivity contribution in [3.05, 3.63) is 18.0 Å². The fourth-order valence-electron chi connectivity index (χ4n) is 1.67. The maximum absolute atomic E-state index is 11.8. The summed E-state index contributed by atoms with van der Waals surface area (Å²) in [6.07, 6.45) is 5.95. The van der Waals surface area contributed by atoms with Gasteiger partial charge in [0.15, 0.2) is 0 Å². The molecule has 0 spiro atoms. The van der Waals surface area contributed by atoms with Gasteiger partial charge in [0.2, 0.25) is 0 Å². The van der Waals surface area contributed by atoms with Gasteiger partial charge in [-0.2, -0.15) is 5.10 Å². The van der Waals surface area contributed by atoms with Gasteiger partial charge >= 0.3 is 0 Å². The van der Waals surface area contributed by atoms with Gasteiger partial charge in [-0.05, 0) is 12.0 Å². The molecular weight excluding hydrogens is 190 g/mol. The maximum atomic E-state index is 11.8. The van der Waals surface area contributed by atoms with Crippen LogP contribution in [0, 0.1) is 5.92 Å². The SMILES string of the molecule is CCCC(CN)C(=O)Cc1cnn(C)c1. The van der Waals surface area contributed by atoms with Gasteiger partial charge in [-0.25, -0.2) is 0 Å². The molecule has 15 heavy (non-hydrogen) atoms. The number of nitrogens with zero attached hydrogens (tertiary/aromatic N) is 2. The van der Waals surface area contributed by atoms with Gasteiger partial charge < -0.3 is 5.73 Å². The molecule has 0 saturated carbocycles. The first-order valence-corrected chi connectivity index (χ1v) is 5.37. The summed E-state index contributed by atoms with van der Waals surface area (Å²) in [4.78, 5) is 11.8. The number of aryl methyl sites for hydroxylation is 1. The Morgan fingerprint density at radius 3 is 2.87 bits per heavy atom. The minimum absolute atomic E-state index is 0.00945. The minimum Gasteiger partial charge on any atom is -0.330 e. The van der Waals surface area contributed by atoms with Gasteiger partial charge in [-0.3, -0.25) is 9.48 Å².